The van der Waals surface area contributed by atoms with Crippen molar-refractivity contribution in [3.05, 3.63) is 71.9 Å². The number of aromatic nitrogens is 3. The normalized spacial score (nSPS) is 10.4. The van der Waals surface area contributed by atoms with E-state index in [2.05, 4.69) is 38.7 Å². The van der Waals surface area contributed by atoms with Crippen molar-refractivity contribution >= 4 is 11.8 Å². The van der Waals surface area contributed by atoms with E-state index in [9.17, 15) is 0 Å². The van der Waals surface area contributed by atoms with E-state index in [1.807, 2.05) is 48.3 Å². The number of hydrogen-bond donors (Lipinski definition) is 1. The van der Waals surface area contributed by atoms with E-state index in [0.29, 0.717) is 11.8 Å². The molecule has 0 aliphatic rings. The largest absolute Gasteiger partial charge is 0.496 e. The van der Waals surface area contributed by atoms with Crippen molar-refractivity contribution in [1.29, 1.82) is 0 Å². The Hall–Kier alpha value is -3.15. The van der Waals surface area contributed by atoms with Crippen LogP contribution in [0.15, 0.2) is 60.8 Å². The minimum Gasteiger partial charge on any atom is -0.496 e. The summed E-state index contributed by atoms with van der Waals surface area (Å²) in [5.41, 5.74) is 2.36. The van der Waals surface area contributed by atoms with Crippen molar-refractivity contribution in [3.63, 3.8) is 0 Å². The van der Waals surface area contributed by atoms with Gasteiger partial charge in [0.05, 0.1) is 13.3 Å². The van der Waals surface area contributed by atoms with Gasteiger partial charge in [0.1, 0.15) is 5.75 Å². The van der Waals surface area contributed by atoms with Gasteiger partial charge in [-0.2, -0.15) is 10.1 Å². The molecule has 1 heterocycles. The number of hydrogen-bond acceptors (Lipinski definition) is 6. The molecular formula is C20H23N5O. The average Bonchev–Trinajstić information content (AvgIpc) is 2.69. The topological polar surface area (TPSA) is 63.2 Å². The van der Waals surface area contributed by atoms with Crippen LogP contribution < -0.4 is 15.0 Å². The Kier molecular flexibility index (Phi) is 5.98. The highest BCUT2D eigenvalue weighted by molar-refractivity contribution is 5.40. The predicted molar refractivity (Wildman–Crippen MR) is 104 cm³/mol. The maximum Gasteiger partial charge on any atom is 0.247 e. The van der Waals surface area contributed by atoms with Gasteiger partial charge in [0.25, 0.3) is 0 Å². The quantitative estimate of drug-likeness (QED) is 0.674. The van der Waals surface area contributed by atoms with Crippen LogP contribution in [-0.2, 0) is 13.0 Å². The summed E-state index contributed by atoms with van der Waals surface area (Å²) >= 11 is 0. The molecule has 3 rings (SSSR count). The van der Waals surface area contributed by atoms with Crippen LogP contribution in [0.25, 0.3) is 0 Å². The second-order valence-electron chi connectivity index (χ2n) is 5.97. The third-order valence-corrected chi connectivity index (χ3v) is 4.04. The molecule has 2 aromatic carbocycles. The summed E-state index contributed by atoms with van der Waals surface area (Å²) in [5.74, 6) is 2.21. The first-order chi connectivity index (χ1) is 12.8. The van der Waals surface area contributed by atoms with Crippen LogP contribution >= 0.6 is 0 Å². The van der Waals surface area contributed by atoms with Gasteiger partial charge >= 0.3 is 0 Å². The summed E-state index contributed by atoms with van der Waals surface area (Å²) in [4.78, 5) is 6.53. The zero-order valence-corrected chi connectivity index (χ0v) is 15.1. The lowest BCUT2D eigenvalue weighted by Gasteiger charge is -2.17. The molecule has 0 spiro atoms. The van der Waals surface area contributed by atoms with Crippen LogP contribution in [-0.4, -0.2) is 35.9 Å². The van der Waals surface area contributed by atoms with Crippen molar-refractivity contribution in [2.75, 3.05) is 30.9 Å². The van der Waals surface area contributed by atoms with Crippen LogP contribution in [0.5, 0.6) is 5.75 Å². The monoisotopic (exact) mass is 349 g/mol. The molecule has 0 unspecified atom stereocenters. The van der Waals surface area contributed by atoms with E-state index < -0.39 is 0 Å². The molecule has 1 aromatic heterocycles. The van der Waals surface area contributed by atoms with Gasteiger partial charge in [0.15, 0.2) is 5.82 Å². The SMILES string of the molecule is COc1ccccc1CCNc1cnnc(N(C)Cc2ccccc2)n1. The Bertz CT molecular complexity index is 825. The third-order valence-electron chi connectivity index (χ3n) is 4.04. The lowest BCUT2D eigenvalue weighted by Crippen LogP contribution is -2.20. The van der Waals surface area contributed by atoms with Crippen molar-refractivity contribution in [2.24, 2.45) is 0 Å². The van der Waals surface area contributed by atoms with E-state index >= 15 is 0 Å². The predicted octanol–water partition coefficient (Wildman–Crippen LogP) is 3.17. The van der Waals surface area contributed by atoms with Gasteiger partial charge in [-0.1, -0.05) is 48.5 Å². The van der Waals surface area contributed by atoms with Gasteiger partial charge < -0.3 is 15.0 Å². The van der Waals surface area contributed by atoms with Crippen LogP contribution in [0, 0.1) is 0 Å². The summed E-state index contributed by atoms with van der Waals surface area (Å²) in [5, 5.41) is 11.5. The molecule has 0 saturated carbocycles. The minimum absolute atomic E-state index is 0.594. The molecule has 0 radical (unpaired) electrons. The lowest BCUT2D eigenvalue weighted by atomic mass is 10.1. The van der Waals surface area contributed by atoms with Gasteiger partial charge in [-0.15, -0.1) is 5.10 Å². The number of anilines is 2. The van der Waals surface area contributed by atoms with Crippen molar-refractivity contribution in [3.8, 4) is 5.75 Å². The summed E-state index contributed by atoms with van der Waals surface area (Å²) in [6.07, 6.45) is 2.48. The molecule has 0 saturated heterocycles. The number of methoxy groups -OCH3 is 1. The number of ether oxygens (including phenoxy) is 1. The maximum absolute atomic E-state index is 5.38. The fourth-order valence-corrected chi connectivity index (χ4v) is 2.70. The molecule has 6 nitrogen and oxygen atoms in total. The number of nitrogens with one attached hydrogen (secondary N) is 1. The molecule has 1 N–H and O–H groups in total. The standard InChI is InChI=1S/C20H23N5O/c1-25(15-16-8-4-3-5-9-16)20-23-19(14-22-24-20)21-13-12-17-10-6-7-11-18(17)26-2/h3-11,14H,12-13,15H2,1-2H3,(H,21,23,24). The summed E-state index contributed by atoms with van der Waals surface area (Å²) < 4.78 is 5.38. The van der Waals surface area contributed by atoms with Crippen LogP contribution in [0.4, 0.5) is 11.8 Å². The molecule has 0 aliphatic heterocycles. The van der Waals surface area contributed by atoms with E-state index in [4.69, 9.17) is 4.74 Å². The first-order valence-corrected chi connectivity index (χ1v) is 8.57. The molecule has 0 amide bonds. The molecule has 0 atom stereocenters. The van der Waals surface area contributed by atoms with Gasteiger partial charge in [0, 0.05) is 20.1 Å². The van der Waals surface area contributed by atoms with Crippen LogP contribution in [0.3, 0.4) is 0 Å². The molecular weight excluding hydrogens is 326 g/mol. The van der Waals surface area contributed by atoms with Crippen molar-refractivity contribution in [1.82, 2.24) is 15.2 Å². The van der Waals surface area contributed by atoms with Gasteiger partial charge in [-0.25, -0.2) is 0 Å². The summed E-state index contributed by atoms with van der Waals surface area (Å²) in [6.45, 7) is 1.47. The highest BCUT2D eigenvalue weighted by atomic mass is 16.5. The number of para-hydroxylation sites is 1. The Morgan fingerprint density at radius 2 is 1.81 bits per heavy atom. The molecule has 0 fully saturated rings. The first kappa shape index (κ1) is 17.7. The lowest BCUT2D eigenvalue weighted by molar-refractivity contribution is 0.410. The minimum atomic E-state index is 0.594. The first-order valence-electron chi connectivity index (χ1n) is 8.57. The third kappa shape index (κ3) is 4.69. The van der Waals surface area contributed by atoms with E-state index in [0.717, 1.165) is 30.8 Å². The molecule has 134 valence electrons. The Balaban J connectivity index is 1.58. The average molecular weight is 349 g/mol. The van der Waals surface area contributed by atoms with Gasteiger partial charge in [0.2, 0.25) is 5.95 Å². The molecule has 0 aliphatic carbocycles. The Morgan fingerprint density at radius 1 is 1.04 bits per heavy atom. The highest BCUT2D eigenvalue weighted by Gasteiger charge is 2.08. The molecule has 26 heavy (non-hydrogen) atoms. The Morgan fingerprint density at radius 3 is 2.62 bits per heavy atom. The number of benzene rings is 2. The molecule has 6 heteroatoms. The van der Waals surface area contributed by atoms with E-state index in [1.165, 1.54) is 5.56 Å². The fraction of sp³-hybridized carbons (Fsp3) is 0.250. The van der Waals surface area contributed by atoms with Crippen molar-refractivity contribution < 1.29 is 4.74 Å². The second-order valence-corrected chi connectivity index (χ2v) is 5.97. The highest BCUT2D eigenvalue weighted by Crippen LogP contribution is 2.18. The van der Waals surface area contributed by atoms with Gasteiger partial charge in [-0.3, -0.25) is 0 Å². The number of nitrogens with zero attached hydrogens (tertiary/aromatic N) is 4. The smallest absolute Gasteiger partial charge is 0.247 e. The zero-order valence-electron chi connectivity index (χ0n) is 15.1. The fourth-order valence-electron chi connectivity index (χ4n) is 2.70. The molecule has 0 bridgehead atoms. The van der Waals surface area contributed by atoms with Crippen LogP contribution in [0.1, 0.15) is 11.1 Å². The van der Waals surface area contributed by atoms with E-state index in [-0.39, 0.29) is 0 Å². The number of rotatable bonds is 8. The Labute approximate surface area is 153 Å². The van der Waals surface area contributed by atoms with Crippen molar-refractivity contribution in [2.45, 2.75) is 13.0 Å². The van der Waals surface area contributed by atoms with Crippen LogP contribution in [0.2, 0.25) is 0 Å². The molecule has 3 aromatic rings. The zero-order chi connectivity index (χ0) is 18.2. The van der Waals surface area contributed by atoms with Gasteiger partial charge in [-0.05, 0) is 23.6 Å². The summed E-state index contributed by atoms with van der Waals surface area (Å²) in [6, 6.07) is 18.2. The summed E-state index contributed by atoms with van der Waals surface area (Å²) in [7, 11) is 3.65. The maximum atomic E-state index is 5.38. The second kappa shape index (κ2) is 8.80. The van der Waals surface area contributed by atoms with E-state index in [1.54, 1.807) is 13.3 Å².